The van der Waals surface area contributed by atoms with E-state index in [0.29, 0.717) is 17.9 Å². The number of amidine groups is 1. The summed E-state index contributed by atoms with van der Waals surface area (Å²) in [4.78, 5) is 17.0. The predicted molar refractivity (Wildman–Crippen MR) is 92.4 cm³/mol. The first kappa shape index (κ1) is 17.5. The number of thioether (sulfide) groups is 1. The minimum absolute atomic E-state index is 0.0192. The molecule has 0 bridgehead atoms. The molecule has 24 heavy (non-hydrogen) atoms. The van der Waals surface area contributed by atoms with Crippen LogP contribution in [-0.2, 0) is 20.5 Å². The molecule has 3 rings (SSSR count). The smallest absolute Gasteiger partial charge is 0.265 e. The summed E-state index contributed by atoms with van der Waals surface area (Å²) < 4.78 is 26.4. The molecule has 1 aromatic rings. The Balaban J connectivity index is 2.04. The highest BCUT2D eigenvalue weighted by Crippen LogP contribution is 2.41. The van der Waals surface area contributed by atoms with Gasteiger partial charge in [0.25, 0.3) is 10.0 Å². The number of fused-ring (bicyclic) bond motifs is 1. The number of amides is 1. The first-order valence-corrected chi connectivity index (χ1v) is 10.1. The fourth-order valence-electron chi connectivity index (χ4n) is 2.74. The van der Waals surface area contributed by atoms with E-state index in [2.05, 4.69) is 4.99 Å². The van der Waals surface area contributed by atoms with Gasteiger partial charge < -0.3 is 10.0 Å². The van der Waals surface area contributed by atoms with Crippen LogP contribution in [0.1, 0.15) is 18.9 Å². The maximum absolute atomic E-state index is 12.3. The fourth-order valence-corrected chi connectivity index (χ4v) is 5.49. The molecule has 2 N–H and O–H groups in total. The summed E-state index contributed by atoms with van der Waals surface area (Å²) in [6.07, 6.45) is 0.816. The van der Waals surface area contributed by atoms with Crippen molar-refractivity contribution in [2.24, 2.45) is 4.99 Å². The quantitative estimate of drug-likeness (QED) is 0.803. The van der Waals surface area contributed by atoms with Crippen LogP contribution in [0.3, 0.4) is 0 Å². The molecule has 0 aliphatic carbocycles. The van der Waals surface area contributed by atoms with E-state index in [1.54, 1.807) is 11.0 Å². The lowest BCUT2D eigenvalue weighted by Gasteiger charge is -2.36. The maximum atomic E-state index is 12.3. The van der Waals surface area contributed by atoms with E-state index >= 15 is 0 Å². The number of halogens is 1. The minimum Gasteiger partial charge on any atom is -0.366 e. The van der Waals surface area contributed by atoms with Crippen molar-refractivity contribution in [1.29, 1.82) is 0 Å². The average molecular weight is 390 g/mol. The van der Waals surface area contributed by atoms with Gasteiger partial charge in [0.15, 0.2) is 10.9 Å². The van der Waals surface area contributed by atoms with E-state index in [9.17, 15) is 18.3 Å². The Morgan fingerprint density at radius 3 is 2.96 bits per heavy atom. The zero-order valence-electron chi connectivity index (χ0n) is 12.8. The lowest BCUT2D eigenvalue weighted by molar-refractivity contribution is -0.117. The summed E-state index contributed by atoms with van der Waals surface area (Å²) in [6.45, 7) is 2.46. The van der Waals surface area contributed by atoms with E-state index in [0.717, 1.165) is 25.1 Å². The Labute approximate surface area is 149 Å². The van der Waals surface area contributed by atoms with Gasteiger partial charge in [-0.05, 0) is 18.6 Å². The van der Waals surface area contributed by atoms with E-state index < -0.39 is 21.7 Å². The lowest BCUT2D eigenvalue weighted by atomic mass is 10.0. The van der Waals surface area contributed by atoms with Crippen LogP contribution >= 0.6 is 23.4 Å². The van der Waals surface area contributed by atoms with Crippen molar-refractivity contribution in [3.05, 3.63) is 28.8 Å². The minimum atomic E-state index is -4.10. The van der Waals surface area contributed by atoms with E-state index in [-0.39, 0.29) is 9.92 Å². The number of aliphatic hydroxyl groups is 1. The van der Waals surface area contributed by atoms with Crippen molar-refractivity contribution in [2.45, 2.75) is 24.0 Å². The number of aliphatic imine (C=N–C) groups is 1. The highest BCUT2D eigenvalue weighted by atomic mass is 35.5. The predicted octanol–water partition coefficient (Wildman–Crippen LogP) is 1.12. The molecule has 1 aromatic carbocycles. The third kappa shape index (κ3) is 3.01. The monoisotopic (exact) mass is 389 g/mol. The molecule has 2 heterocycles. The van der Waals surface area contributed by atoms with Gasteiger partial charge in [-0.25, -0.2) is 13.1 Å². The number of nitrogens with zero attached hydrogens (tertiary/aromatic N) is 2. The average Bonchev–Trinajstić information content (AvgIpc) is 2.85. The van der Waals surface area contributed by atoms with Gasteiger partial charge in [0.05, 0.1) is 10.8 Å². The lowest BCUT2D eigenvalue weighted by Crippen LogP contribution is -2.47. The number of rotatable bonds is 3. The highest BCUT2D eigenvalue weighted by molar-refractivity contribution is 8.14. The summed E-state index contributed by atoms with van der Waals surface area (Å²) in [5, 5.41) is 11.9. The Bertz CT molecular complexity index is 827. The second kappa shape index (κ2) is 6.21. The number of hydrogen-bond acceptors (Lipinski definition) is 7. The van der Waals surface area contributed by atoms with Crippen molar-refractivity contribution < 1.29 is 18.3 Å². The van der Waals surface area contributed by atoms with E-state index in [1.165, 1.54) is 23.9 Å². The summed E-state index contributed by atoms with van der Waals surface area (Å²) in [6, 6.07) is 4.31. The second-order valence-corrected chi connectivity index (χ2v) is 8.58. The van der Waals surface area contributed by atoms with Crippen LogP contribution in [0.4, 0.5) is 0 Å². The zero-order valence-corrected chi connectivity index (χ0v) is 15.2. The first-order valence-electron chi connectivity index (χ1n) is 7.25. The molecule has 0 saturated carbocycles. The first-order chi connectivity index (χ1) is 11.2. The third-order valence-electron chi connectivity index (χ3n) is 3.83. The number of benzene rings is 1. The molecule has 130 valence electrons. The van der Waals surface area contributed by atoms with Crippen molar-refractivity contribution >= 4 is 44.5 Å². The second-order valence-electron chi connectivity index (χ2n) is 5.58. The molecule has 1 amide bonds. The molecule has 0 aromatic heterocycles. The van der Waals surface area contributed by atoms with Gasteiger partial charge in [0, 0.05) is 25.6 Å². The van der Waals surface area contributed by atoms with Gasteiger partial charge >= 0.3 is 0 Å². The van der Waals surface area contributed by atoms with Crippen LogP contribution in [-0.4, -0.2) is 48.3 Å². The Kier molecular flexibility index (Phi) is 4.54. The molecule has 7 nitrogen and oxygen atoms in total. The molecule has 1 unspecified atom stereocenters. The molecular weight excluding hydrogens is 374 g/mol. The van der Waals surface area contributed by atoms with Crippen LogP contribution < -0.4 is 4.72 Å². The maximum Gasteiger partial charge on any atom is 0.265 e. The van der Waals surface area contributed by atoms with E-state index in [4.69, 9.17) is 11.6 Å². The van der Waals surface area contributed by atoms with Crippen LogP contribution in [0, 0.1) is 0 Å². The van der Waals surface area contributed by atoms with Gasteiger partial charge in [0.1, 0.15) is 4.90 Å². The molecule has 2 aliphatic heterocycles. The number of carbonyl (C=O) groups is 1. The summed E-state index contributed by atoms with van der Waals surface area (Å²) >= 11 is 7.43. The number of sulfonamides is 1. The Hall–Kier alpha value is -1.29. The summed E-state index contributed by atoms with van der Waals surface area (Å²) in [7, 11) is -4.10. The highest BCUT2D eigenvalue weighted by Gasteiger charge is 2.45. The fraction of sp³-hybridized carbons (Fsp3) is 0.429. The van der Waals surface area contributed by atoms with Crippen LogP contribution in [0.15, 0.2) is 28.1 Å². The molecular formula is C14H16ClN3O4S2. The van der Waals surface area contributed by atoms with Gasteiger partial charge in [0.2, 0.25) is 5.91 Å². The van der Waals surface area contributed by atoms with E-state index in [1.807, 2.05) is 4.72 Å². The molecule has 10 heteroatoms. The Morgan fingerprint density at radius 2 is 2.25 bits per heavy atom. The largest absolute Gasteiger partial charge is 0.366 e. The number of carbonyl (C=O) groups excluding carboxylic acids is 1. The number of hydrogen-bond donors (Lipinski definition) is 2. The Morgan fingerprint density at radius 1 is 1.50 bits per heavy atom. The van der Waals surface area contributed by atoms with Crippen molar-refractivity contribution in [2.75, 3.05) is 18.8 Å². The molecule has 0 radical (unpaired) electrons. The number of nitrogens with one attached hydrogen (secondary N) is 1. The molecule has 1 saturated heterocycles. The van der Waals surface area contributed by atoms with Crippen LogP contribution in [0.5, 0.6) is 0 Å². The molecule has 0 spiro atoms. The summed E-state index contributed by atoms with van der Waals surface area (Å²) in [5.74, 6) is -0.371. The standard InChI is InChI=1S/C14H16ClN3O4S2/c1-9(19)17-24(21,22)12-7-10(3-4-11(12)15)14(20)8-23-13-16-5-2-6-18(13)14/h3-4,7,20H,2,5-6,8H2,1H3,(H,17,19). The van der Waals surface area contributed by atoms with Crippen molar-refractivity contribution in [3.63, 3.8) is 0 Å². The van der Waals surface area contributed by atoms with Crippen LogP contribution in [0.2, 0.25) is 5.02 Å². The van der Waals surface area contributed by atoms with Gasteiger partial charge in [-0.15, -0.1) is 0 Å². The SMILES string of the molecule is CC(=O)NS(=O)(=O)c1cc(C2(O)CSC3=NCCCN32)ccc1Cl. The molecule has 2 aliphatic rings. The molecule has 1 atom stereocenters. The van der Waals surface area contributed by atoms with Gasteiger partial charge in [-0.3, -0.25) is 9.79 Å². The van der Waals surface area contributed by atoms with Gasteiger partial charge in [-0.2, -0.15) is 0 Å². The summed E-state index contributed by atoms with van der Waals surface area (Å²) in [5.41, 5.74) is -0.954. The third-order valence-corrected chi connectivity index (χ3v) is 6.90. The topological polar surface area (TPSA) is 99.1 Å². The van der Waals surface area contributed by atoms with Crippen LogP contribution in [0.25, 0.3) is 0 Å². The zero-order chi connectivity index (χ0) is 17.5. The molecule has 1 fully saturated rings. The van der Waals surface area contributed by atoms with Gasteiger partial charge in [-0.1, -0.05) is 29.4 Å². The normalized spacial score (nSPS) is 23.6. The van der Waals surface area contributed by atoms with Crippen molar-refractivity contribution in [1.82, 2.24) is 9.62 Å². The van der Waals surface area contributed by atoms with Crippen molar-refractivity contribution in [3.8, 4) is 0 Å².